The summed E-state index contributed by atoms with van der Waals surface area (Å²) in [7, 11) is 0. The fourth-order valence-corrected chi connectivity index (χ4v) is 2.29. The molecule has 2 rings (SSSR count). The van der Waals surface area contributed by atoms with Gasteiger partial charge in [0.15, 0.2) is 0 Å². The predicted octanol–water partition coefficient (Wildman–Crippen LogP) is 2.01. The Kier molecular flexibility index (Phi) is 6.40. The third kappa shape index (κ3) is 6.72. The average molecular weight is 305 g/mol. The Hall–Kier alpha value is -1.88. The first-order valence-corrected chi connectivity index (χ1v) is 7.76. The summed E-state index contributed by atoms with van der Waals surface area (Å²) in [5.41, 5.74) is 1.08. The first-order chi connectivity index (χ1) is 10.6. The molecule has 1 atom stereocenters. The van der Waals surface area contributed by atoms with Crippen LogP contribution in [0.3, 0.4) is 0 Å². The van der Waals surface area contributed by atoms with Gasteiger partial charge in [0, 0.05) is 12.5 Å². The zero-order valence-electron chi connectivity index (χ0n) is 12.7. The van der Waals surface area contributed by atoms with Gasteiger partial charge in [0.2, 0.25) is 5.91 Å². The van der Waals surface area contributed by atoms with E-state index in [4.69, 9.17) is 9.84 Å². The molecule has 22 heavy (non-hydrogen) atoms. The molecule has 0 heterocycles. The maximum absolute atomic E-state index is 11.9. The number of ether oxygens (including phenoxy) is 1. The van der Waals surface area contributed by atoms with E-state index in [1.807, 2.05) is 30.3 Å². The van der Waals surface area contributed by atoms with E-state index >= 15 is 0 Å². The van der Waals surface area contributed by atoms with Crippen molar-refractivity contribution in [1.29, 1.82) is 0 Å². The molecule has 1 aromatic rings. The van der Waals surface area contributed by atoms with Crippen LogP contribution in [-0.4, -0.2) is 36.2 Å². The van der Waals surface area contributed by atoms with Crippen molar-refractivity contribution in [2.75, 3.05) is 13.2 Å². The number of benzene rings is 1. The van der Waals surface area contributed by atoms with Crippen LogP contribution in [0.4, 0.5) is 0 Å². The minimum Gasteiger partial charge on any atom is -0.481 e. The van der Waals surface area contributed by atoms with Crippen LogP contribution in [0.25, 0.3) is 0 Å². The van der Waals surface area contributed by atoms with Gasteiger partial charge >= 0.3 is 5.97 Å². The highest BCUT2D eigenvalue weighted by Gasteiger charge is 2.22. The third-order valence-electron chi connectivity index (χ3n) is 3.68. The Labute approximate surface area is 130 Å². The molecule has 0 spiro atoms. The topological polar surface area (TPSA) is 75.6 Å². The van der Waals surface area contributed by atoms with Crippen molar-refractivity contribution in [3.63, 3.8) is 0 Å². The number of carbonyl (C=O) groups is 2. The highest BCUT2D eigenvalue weighted by atomic mass is 16.5. The molecule has 0 aromatic heterocycles. The number of carboxylic acids is 1. The summed E-state index contributed by atoms with van der Waals surface area (Å²) in [6.45, 7) is 0.695. The summed E-state index contributed by atoms with van der Waals surface area (Å²) in [6, 6.07) is 9.57. The van der Waals surface area contributed by atoms with Crippen LogP contribution in [0.5, 0.6) is 0 Å². The Balaban J connectivity index is 1.79. The highest BCUT2D eigenvalue weighted by Crippen LogP contribution is 2.28. The Morgan fingerprint density at radius 3 is 2.64 bits per heavy atom. The maximum Gasteiger partial charge on any atom is 0.303 e. The van der Waals surface area contributed by atoms with Gasteiger partial charge < -0.3 is 15.2 Å². The molecule has 0 aliphatic heterocycles. The maximum atomic E-state index is 11.9. The van der Waals surface area contributed by atoms with Crippen LogP contribution < -0.4 is 5.32 Å². The van der Waals surface area contributed by atoms with Crippen molar-refractivity contribution >= 4 is 11.9 Å². The molecule has 1 aliphatic rings. The summed E-state index contributed by atoms with van der Waals surface area (Å²) in [5, 5.41) is 11.7. The molecule has 2 N–H and O–H groups in total. The molecule has 5 heteroatoms. The van der Waals surface area contributed by atoms with Gasteiger partial charge in [-0.25, -0.2) is 0 Å². The fourth-order valence-electron chi connectivity index (χ4n) is 2.29. The molecular weight excluding hydrogens is 282 g/mol. The molecule has 1 fully saturated rings. The summed E-state index contributed by atoms with van der Waals surface area (Å²) in [6.07, 6.45) is 3.47. The normalized spacial score (nSPS) is 15.3. The van der Waals surface area contributed by atoms with E-state index in [2.05, 4.69) is 5.32 Å². The molecule has 1 unspecified atom stereocenters. The zero-order chi connectivity index (χ0) is 15.8. The van der Waals surface area contributed by atoms with E-state index in [1.54, 1.807) is 0 Å². The lowest BCUT2D eigenvalue weighted by atomic mass is 10.0. The van der Waals surface area contributed by atoms with E-state index in [1.165, 1.54) is 12.8 Å². The Morgan fingerprint density at radius 2 is 2.00 bits per heavy atom. The second-order valence-electron chi connectivity index (χ2n) is 5.85. The first kappa shape index (κ1) is 16.5. The lowest BCUT2D eigenvalue weighted by Crippen LogP contribution is -2.39. The van der Waals surface area contributed by atoms with Crippen molar-refractivity contribution in [3.8, 4) is 0 Å². The fraction of sp³-hybridized carbons (Fsp3) is 0.529. The molecule has 0 radical (unpaired) electrons. The predicted molar refractivity (Wildman–Crippen MR) is 82.5 cm³/mol. The van der Waals surface area contributed by atoms with Gasteiger partial charge in [-0.1, -0.05) is 30.3 Å². The molecule has 5 nitrogen and oxygen atoms in total. The minimum atomic E-state index is -0.850. The molecule has 1 saturated carbocycles. The van der Waals surface area contributed by atoms with Crippen LogP contribution in [0.15, 0.2) is 30.3 Å². The number of rotatable bonds is 10. The second kappa shape index (κ2) is 8.54. The number of aliphatic carboxylic acids is 1. The van der Waals surface area contributed by atoms with E-state index < -0.39 is 5.97 Å². The Bertz CT molecular complexity index is 485. The number of hydrogen-bond donors (Lipinski definition) is 2. The molecule has 1 amide bonds. The van der Waals surface area contributed by atoms with Gasteiger partial charge in [-0.15, -0.1) is 0 Å². The molecule has 1 aliphatic carbocycles. The molecule has 120 valence electrons. The van der Waals surface area contributed by atoms with Crippen LogP contribution in [0, 0.1) is 5.92 Å². The van der Waals surface area contributed by atoms with Crippen molar-refractivity contribution < 1.29 is 19.4 Å². The summed E-state index contributed by atoms with van der Waals surface area (Å²) in [5.74, 6) is -0.399. The minimum absolute atomic E-state index is 0.0424. The van der Waals surface area contributed by atoms with Gasteiger partial charge in [-0.3, -0.25) is 9.59 Å². The van der Waals surface area contributed by atoms with E-state index in [0.29, 0.717) is 25.4 Å². The van der Waals surface area contributed by atoms with Crippen molar-refractivity contribution in [2.45, 2.75) is 38.1 Å². The number of nitrogens with one attached hydrogen (secondary N) is 1. The van der Waals surface area contributed by atoms with Gasteiger partial charge in [-0.2, -0.15) is 0 Å². The lowest BCUT2D eigenvalue weighted by molar-refractivity contribution is -0.137. The lowest BCUT2D eigenvalue weighted by Gasteiger charge is -2.18. The van der Waals surface area contributed by atoms with Crippen LogP contribution in [-0.2, 0) is 20.7 Å². The molecule has 0 bridgehead atoms. The largest absolute Gasteiger partial charge is 0.481 e. The molecular formula is C17H23NO4. The van der Waals surface area contributed by atoms with Crippen LogP contribution in [0.1, 0.15) is 31.2 Å². The van der Waals surface area contributed by atoms with Crippen molar-refractivity contribution in [3.05, 3.63) is 35.9 Å². The smallest absolute Gasteiger partial charge is 0.303 e. The summed E-state index contributed by atoms with van der Waals surface area (Å²) < 4.78 is 5.37. The van der Waals surface area contributed by atoms with Crippen LogP contribution >= 0.6 is 0 Å². The van der Waals surface area contributed by atoms with E-state index in [9.17, 15) is 9.59 Å². The van der Waals surface area contributed by atoms with Gasteiger partial charge in [0.25, 0.3) is 0 Å². The first-order valence-electron chi connectivity index (χ1n) is 7.76. The number of carboxylic acid groups (broad SMARTS) is 1. The highest BCUT2D eigenvalue weighted by molar-refractivity contribution is 5.77. The SMILES string of the molecule is O=C(O)CCC(Cc1ccccc1)NC(=O)COCC1CC1. The quantitative estimate of drug-likeness (QED) is 0.693. The van der Waals surface area contributed by atoms with Crippen LogP contribution in [0.2, 0.25) is 0 Å². The third-order valence-corrected chi connectivity index (χ3v) is 3.68. The number of hydrogen-bond acceptors (Lipinski definition) is 3. The standard InChI is InChI=1S/C17H23NO4/c19-16(12-22-11-14-6-7-14)18-15(8-9-17(20)21)10-13-4-2-1-3-5-13/h1-5,14-15H,6-12H2,(H,18,19)(H,20,21). The zero-order valence-corrected chi connectivity index (χ0v) is 12.7. The van der Waals surface area contributed by atoms with Gasteiger partial charge in [0.1, 0.15) is 6.61 Å². The summed E-state index contributed by atoms with van der Waals surface area (Å²) >= 11 is 0. The second-order valence-corrected chi connectivity index (χ2v) is 5.85. The van der Waals surface area contributed by atoms with Gasteiger partial charge in [0.05, 0.1) is 6.61 Å². The van der Waals surface area contributed by atoms with Gasteiger partial charge in [-0.05, 0) is 37.2 Å². The molecule has 1 aromatic carbocycles. The van der Waals surface area contributed by atoms with E-state index in [-0.39, 0.29) is 25.0 Å². The van der Waals surface area contributed by atoms with E-state index in [0.717, 1.165) is 5.56 Å². The van der Waals surface area contributed by atoms with Crippen molar-refractivity contribution in [2.24, 2.45) is 5.92 Å². The summed E-state index contributed by atoms with van der Waals surface area (Å²) in [4.78, 5) is 22.7. The molecule has 0 saturated heterocycles. The number of carbonyl (C=O) groups excluding carboxylic acids is 1. The average Bonchev–Trinajstić information content (AvgIpc) is 3.30. The van der Waals surface area contributed by atoms with Crippen molar-refractivity contribution in [1.82, 2.24) is 5.32 Å². The Morgan fingerprint density at radius 1 is 1.27 bits per heavy atom. The monoisotopic (exact) mass is 305 g/mol. The number of amides is 1.